The first-order valence-corrected chi connectivity index (χ1v) is 16.7. The van der Waals surface area contributed by atoms with Gasteiger partial charge < -0.3 is 9.32 Å². The van der Waals surface area contributed by atoms with Gasteiger partial charge in [0, 0.05) is 44.5 Å². The fraction of sp³-hybridized carbons (Fsp3) is 0. The average molecular weight is 709 g/mol. The molecule has 0 unspecified atom stereocenters. The highest BCUT2D eigenvalue weighted by Crippen LogP contribution is 2.40. The van der Waals surface area contributed by atoms with E-state index in [1.165, 1.54) is 0 Å². The van der Waals surface area contributed by atoms with Gasteiger partial charge in [-0.2, -0.15) is 0 Å². The number of hydrogen-bond donors (Lipinski definition) is 0. The normalized spacial score (nSPS) is 15.5. The van der Waals surface area contributed by atoms with Gasteiger partial charge in [-0.05, 0) is 76.4 Å². The number of nitrogens with zero attached hydrogens (tertiary/aromatic N) is 4. The Balaban J connectivity index is 1.18. The Morgan fingerprint density at radius 1 is 0.444 bits per heavy atom. The first kappa shape index (κ1) is 18.9. The third-order valence-corrected chi connectivity index (χ3v) is 8.73. The maximum atomic E-state index is 9.45. The minimum atomic E-state index is -0.924. The van der Waals surface area contributed by atoms with Gasteiger partial charge in [-0.15, -0.1) is 0 Å². The number of benzene rings is 8. The number of para-hydroxylation sites is 1. The Hall–Kier alpha value is -7.37. The van der Waals surface area contributed by atoms with E-state index in [1.54, 1.807) is 30.3 Å². The summed E-state index contributed by atoms with van der Waals surface area (Å²) in [6, 6.07) is 16.0. The first-order chi connectivity index (χ1) is 33.4. The van der Waals surface area contributed by atoms with Crippen LogP contribution in [0.25, 0.3) is 78.0 Å². The number of hydrogen-bond acceptors (Lipinski definition) is 5. The monoisotopic (exact) mass is 708 g/mol. The average Bonchev–Trinajstić information content (AvgIpc) is 3.75. The van der Waals surface area contributed by atoms with Gasteiger partial charge in [0.1, 0.15) is 11.2 Å². The van der Waals surface area contributed by atoms with Crippen LogP contribution in [0.5, 0.6) is 0 Å². The van der Waals surface area contributed by atoms with E-state index >= 15 is 0 Å². The number of rotatable bonds is 7. The molecule has 0 saturated carbocycles. The molecule has 10 aromatic rings. The van der Waals surface area contributed by atoms with Gasteiger partial charge in [0.2, 0.25) is 0 Å². The molecule has 0 aliphatic heterocycles. The van der Waals surface area contributed by atoms with Crippen LogP contribution in [0, 0.1) is 0 Å². The smallest absolute Gasteiger partial charge is 0.164 e. The molecule has 0 radical (unpaired) electrons. The first-order valence-electron chi connectivity index (χ1n) is 24.7. The fourth-order valence-electron chi connectivity index (χ4n) is 6.23. The van der Waals surface area contributed by atoms with Crippen LogP contribution < -0.4 is 4.90 Å². The fourth-order valence-corrected chi connectivity index (χ4v) is 6.23. The summed E-state index contributed by atoms with van der Waals surface area (Å²) in [6.45, 7) is 0. The minimum absolute atomic E-state index is 0.168. The number of furan rings is 1. The Morgan fingerprint density at radius 3 is 1.80 bits per heavy atom. The van der Waals surface area contributed by atoms with Gasteiger partial charge in [-0.1, -0.05) is 139 Å². The maximum Gasteiger partial charge on any atom is 0.164 e. The van der Waals surface area contributed by atoms with E-state index < -0.39 is 125 Å². The summed E-state index contributed by atoms with van der Waals surface area (Å²) in [5.74, 6) is 1.25. The zero-order valence-corrected chi connectivity index (χ0v) is 27.9. The molecular formula is C49H32N4O. The molecule has 54 heavy (non-hydrogen) atoms. The van der Waals surface area contributed by atoms with Crippen molar-refractivity contribution in [1.82, 2.24) is 15.0 Å². The topological polar surface area (TPSA) is 55.1 Å². The SMILES string of the molecule is [2H]c1c([2H])c([2H])c(N(c2c([2H])c([2H])c(-c3ccc4c(c3)oc3cccc(-c5nc(-c6ccccc6)nc(-c6ccccc6)n5)c34)c([2H])c2[2H])c2c([2H])c([2H])c3c([2H])c([2H])c([2H])c([2H])c3c2[2H])c([2H])c1[2H]. The third kappa shape index (κ3) is 5.74. The van der Waals surface area contributed by atoms with Crippen LogP contribution in [0.3, 0.4) is 0 Å². The predicted octanol–water partition coefficient (Wildman–Crippen LogP) is 13.1. The van der Waals surface area contributed by atoms with Crippen LogP contribution in [0.4, 0.5) is 17.1 Å². The zero-order chi connectivity index (χ0) is 49.8. The predicted molar refractivity (Wildman–Crippen MR) is 221 cm³/mol. The lowest BCUT2D eigenvalue weighted by Crippen LogP contribution is -2.09. The van der Waals surface area contributed by atoms with Gasteiger partial charge in [0.15, 0.2) is 17.5 Å². The van der Waals surface area contributed by atoms with Gasteiger partial charge in [0.25, 0.3) is 0 Å². The van der Waals surface area contributed by atoms with Crippen LogP contribution in [-0.2, 0) is 0 Å². The molecule has 254 valence electrons. The summed E-state index contributed by atoms with van der Waals surface area (Å²) in [5, 5.41) is 0.181. The van der Waals surface area contributed by atoms with E-state index in [4.69, 9.17) is 34.4 Å². The molecule has 0 aliphatic carbocycles. The second-order valence-corrected chi connectivity index (χ2v) is 12.0. The zero-order valence-electron chi connectivity index (χ0n) is 43.9. The van der Waals surface area contributed by atoms with Crippen molar-refractivity contribution in [2.24, 2.45) is 0 Å². The largest absolute Gasteiger partial charge is 0.456 e. The molecule has 10 rings (SSSR count). The summed E-state index contributed by atoms with van der Waals surface area (Å²) >= 11 is 0. The summed E-state index contributed by atoms with van der Waals surface area (Å²) in [4.78, 5) is 15.2. The van der Waals surface area contributed by atoms with Gasteiger partial charge in [-0.25, -0.2) is 15.0 Å². The van der Waals surface area contributed by atoms with Gasteiger partial charge >= 0.3 is 0 Å². The summed E-state index contributed by atoms with van der Waals surface area (Å²) in [5.41, 5.74) is 0.479. The molecule has 0 N–H and O–H groups in total. The molecule has 0 bridgehead atoms. The number of aromatic nitrogens is 3. The molecule has 0 amide bonds. The second kappa shape index (κ2) is 13.3. The van der Waals surface area contributed by atoms with E-state index in [2.05, 4.69) is 0 Å². The van der Waals surface area contributed by atoms with E-state index in [-0.39, 0.29) is 11.1 Å². The molecule has 0 spiro atoms. The van der Waals surface area contributed by atoms with Crippen molar-refractivity contribution in [3.8, 4) is 45.3 Å². The molecule has 2 heterocycles. The second-order valence-electron chi connectivity index (χ2n) is 12.0. The van der Waals surface area contributed by atoms with Crippen LogP contribution in [0.1, 0.15) is 21.9 Å². The highest BCUT2D eigenvalue weighted by atomic mass is 16.3. The van der Waals surface area contributed by atoms with Gasteiger partial charge in [-0.3, -0.25) is 0 Å². The van der Waals surface area contributed by atoms with E-state index in [9.17, 15) is 6.85 Å². The van der Waals surface area contributed by atoms with E-state index in [1.807, 2.05) is 66.7 Å². The van der Waals surface area contributed by atoms with Crippen molar-refractivity contribution < 1.29 is 26.3 Å². The maximum absolute atomic E-state index is 9.45. The number of fused-ring (bicyclic) bond motifs is 4. The molecule has 5 nitrogen and oxygen atoms in total. The van der Waals surface area contributed by atoms with Crippen molar-refractivity contribution in [3.05, 3.63) is 194 Å². The molecule has 2 aromatic heterocycles. The molecule has 0 saturated heterocycles. The highest BCUT2D eigenvalue weighted by molar-refractivity contribution is 6.12. The highest BCUT2D eigenvalue weighted by Gasteiger charge is 2.19. The molecule has 8 aromatic carbocycles. The summed E-state index contributed by atoms with van der Waals surface area (Å²) in [6.07, 6.45) is 0. The van der Waals surface area contributed by atoms with Crippen molar-refractivity contribution in [2.45, 2.75) is 0 Å². The summed E-state index contributed by atoms with van der Waals surface area (Å²) < 4.78 is 148. The van der Waals surface area contributed by atoms with Crippen molar-refractivity contribution in [2.75, 3.05) is 4.90 Å². The van der Waals surface area contributed by atoms with Crippen LogP contribution in [0.2, 0.25) is 0 Å². The van der Waals surface area contributed by atoms with Crippen molar-refractivity contribution in [1.29, 1.82) is 0 Å². The van der Waals surface area contributed by atoms with Crippen LogP contribution in [-0.4, -0.2) is 15.0 Å². The quantitative estimate of drug-likeness (QED) is 0.165. The Morgan fingerprint density at radius 2 is 1.07 bits per heavy atom. The lowest BCUT2D eigenvalue weighted by Gasteiger charge is -2.26. The molecule has 5 heteroatoms. The lowest BCUT2D eigenvalue weighted by atomic mass is 10.0. The van der Waals surface area contributed by atoms with E-state index in [0.29, 0.717) is 49.9 Å². The van der Waals surface area contributed by atoms with Crippen molar-refractivity contribution >= 4 is 49.8 Å². The van der Waals surface area contributed by atoms with Crippen LogP contribution in [0.15, 0.2) is 198 Å². The Labute approximate surface area is 335 Å². The Bertz CT molecular complexity index is 3750. The Kier molecular flexibility index (Phi) is 4.66. The van der Waals surface area contributed by atoms with Gasteiger partial charge in [0.05, 0.1) is 21.9 Å². The molecule has 0 fully saturated rings. The molecule has 0 aliphatic rings. The summed E-state index contributed by atoms with van der Waals surface area (Å²) in [7, 11) is 0. The van der Waals surface area contributed by atoms with E-state index in [0.717, 1.165) is 11.1 Å². The van der Waals surface area contributed by atoms with Crippen molar-refractivity contribution in [3.63, 3.8) is 0 Å². The third-order valence-electron chi connectivity index (χ3n) is 8.73. The lowest BCUT2D eigenvalue weighted by molar-refractivity contribution is 0.669. The molecule has 0 atom stereocenters. The van der Waals surface area contributed by atoms with Crippen LogP contribution >= 0.6 is 0 Å². The molecular weight excluding hydrogens is 661 g/mol. The number of anilines is 3. The minimum Gasteiger partial charge on any atom is -0.456 e. The standard InChI is InChI=1S/C49H32N4O/c1-4-14-35(15-5-1)47-50-48(36-16-6-2-7-17-36)52-49(51-47)43-21-12-22-44-46(43)42-30-26-38(32-45(42)54-44)34-23-27-40(28-24-34)53(39-19-8-3-9-20-39)41-29-25-33-13-10-11-18-37(33)31-41/h1-32H/i3D,8D,9D,10D,11D,13D,18D,19D,20D,23D,24D,25D,27D,28D,29D,31D.